The summed E-state index contributed by atoms with van der Waals surface area (Å²) in [5.74, 6) is -1.04. The summed E-state index contributed by atoms with van der Waals surface area (Å²) < 4.78 is 0. The maximum Gasteiger partial charge on any atom is 0.305 e. The lowest BCUT2D eigenvalue weighted by Crippen LogP contribution is -2.27. The molecule has 1 heterocycles. The highest BCUT2D eigenvalue weighted by molar-refractivity contribution is 5.79. The van der Waals surface area contributed by atoms with Crippen molar-refractivity contribution in [1.29, 1.82) is 0 Å². The Morgan fingerprint density at radius 3 is 3.00 bits per heavy atom. The van der Waals surface area contributed by atoms with Gasteiger partial charge in [0.2, 0.25) is 5.91 Å². The molecule has 1 aromatic carbocycles. The van der Waals surface area contributed by atoms with Gasteiger partial charge >= 0.3 is 5.97 Å². The van der Waals surface area contributed by atoms with Gasteiger partial charge in [0.05, 0.1) is 12.8 Å². The summed E-state index contributed by atoms with van der Waals surface area (Å²) in [5, 5.41) is 14.4. The molecule has 0 spiro atoms. The number of rotatable bonds is 5. The molecule has 5 heteroatoms. The Morgan fingerprint density at radius 2 is 2.21 bits per heavy atom. The summed E-state index contributed by atoms with van der Waals surface area (Å²) in [6.07, 6.45) is 2.41. The summed E-state index contributed by atoms with van der Waals surface area (Å²) in [6.45, 7) is 1.18. The molecular weight excluding hydrogens is 244 g/mol. The Bertz CT molecular complexity index is 486. The van der Waals surface area contributed by atoms with Crippen molar-refractivity contribution in [3.63, 3.8) is 0 Å². The van der Waals surface area contributed by atoms with Gasteiger partial charge in [-0.25, -0.2) is 0 Å². The molecule has 0 fully saturated rings. The van der Waals surface area contributed by atoms with Crippen molar-refractivity contribution < 1.29 is 14.7 Å². The first-order chi connectivity index (χ1) is 9.15. The molecule has 1 aliphatic rings. The predicted molar refractivity (Wildman–Crippen MR) is 72.2 cm³/mol. The van der Waals surface area contributed by atoms with E-state index in [4.69, 9.17) is 5.11 Å². The highest BCUT2D eigenvalue weighted by Crippen LogP contribution is 2.22. The number of hydrogen-bond acceptors (Lipinski definition) is 3. The van der Waals surface area contributed by atoms with Crippen molar-refractivity contribution in [1.82, 2.24) is 5.32 Å². The molecule has 1 aromatic rings. The molecule has 0 bridgehead atoms. The Labute approximate surface area is 112 Å². The fraction of sp³-hybridized carbons (Fsp3) is 0.429. The van der Waals surface area contributed by atoms with Gasteiger partial charge in [0.15, 0.2) is 0 Å². The van der Waals surface area contributed by atoms with E-state index >= 15 is 0 Å². The Balaban J connectivity index is 1.88. The number of aliphatic carboxylic acids is 1. The Hall–Kier alpha value is -2.04. The van der Waals surface area contributed by atoms with E-state index in [1.54, 1.807) is 0 Å². The third kappa shape index (κ3) is 3.98. The second kappa shape index (κ2) is 6.22. The van der Waals surface area contributed by atoms with Gasteiger partial charge in [-0.05, 0) is 30.0 Å². The lowest BCUT2D eigenvalue weighted by molar-refractivity contribution is -0.136. The smallest absolute Gasteiger partial charge is 0.305 e. The summed E-state index contributed by atoms with van der Waals surface area (Å²) in [4.78, 5) is 22.0. The lowest BCUT2D eigenvalue weighted by atomic mass is 9.99. The maximum atomic E-state index is 11.6. The molecule has 0 saturated carbocycles. The lowest BCUT2D eigenvalue weighted by Gasteiger charge is -2.18. The second-order valence-electron chi connectivity index (χ2n) is 4.69. The van der Waals surface area contributed by atoms with Gasteiger partial charge in [0.1, 0.15) is 0 Å². The van der Waals surface area contributed by atoms with Crippen LogP contribution in [0.1, 0.15) is 24.0 Å². The number of nitrogens with one attached hydrogen (secondary N) is 2. The van der Waals surface area contributed by atoms with E-state index in [-0.39, 0.29) is 18.9 Å². The zero-order valence-corrected chi connectivity index (χ0v) is 10.7. The normalized spacial score (nSPS) is 13.3. The van der Waals surface area contributed by atoms with Gasteiger partial charge in [-0.1, -0.05) is 12.1 Å². The van der Waals surface area contributed by atoms with Gasteiger partial charge in [-0.15, -0.1) is 0 Å². The summed E-state index contributed by atoms with van der Waals surface area (Å²) in [7, 11) is 0. The standard InChI is InChI=1S/C14H18N2O3/c17-13(16-7-5-14(18)19)9-10-3-4-12-11(8-10)2-1-6-15-12/h3-4,8,15H,1-2,5-7,9H2,(H,16,17)(H,18,19). The van der Waals surface area contributed by atoms with Crippen molar-refractivity contribution in [2.75, 3.05) is 18.4 Å². The van der Waals surface area contributed by atoms with Crippen LogP contribution in [0.5, 0.6) is 0 Å². The molecule has 1 aliphatic heterocycles. The molecule has 5 nitrogen and oxygen atoms in total. The maximum absolute atomic E-state index is 11.6. The largest absolute Gasteiger partial charge is 0.481 e. The van der Waals surface area contributed by atoms with Crippen LogP contribution in [-0.2, 0) is 22.4 Å². The van der Waals surface area contributed by atoms with Crippen LogP contribution in [0.4, 0.5) is 5.69 Å². The molecule has 0 atom stereocenters. The molecule has 3 N–H and O–H groups in total. The number of carbonyl (C=O) groups is 2. The number of fused-ring (bicyclic) bond motifs is 1. The fourth-order valence-corrected chi connectivity index (χ4v) is 2.19. The molecule has 102 valence electrons. The summed E-state index contributed by atoms with van der Waals surface area (Å²) >= 11 is 0. The summed E-state index contributed by atoms with van der Waals surface area (Å²) in [5.41, 5.74) is 3.37. The molecule has 0 radical (unpaired) electrons. The molecule has 0 unspecified atom stereocenters. The third-order valence-electron chi connectivity index (χ3n) is 3.13. The van der Waals surface area contributed by atoms with E-state index in [9.17, 15) is 9.59 Å². The van der Waals surface area contributed by atoms with Gasteiger partial charge < -0.3 is 15.7 Å². The summed E-state index contributed by atoms with van der Waals surface area (Å²) in [6, 6.07) is 6.00. The predicted octanol–water partition coefficient (Wildman–Crippen LogP) is 1.18. The van der Waals surface area contributed by atoms with Crippen LogP contribution in [0.3, 0.4) is 0 Å². The van der Waals surface area contributed by atoms with Crippen LogP contribution in [0.15, 0.2) is 18.2 Å². The molecule has 0 saturated heterocycles. The van der Waals surface area contributed by atoms with E-state index in [0.717, 1.165) is 30.6 Å². The van der Waals surface area contributed by atoms with E-state index in [0.29, 0.717) is 6.42 Å². The van der Waals surface area contributed by atoms with Crippen molar-refractivity contribution in [3.8, 4) is 0 Å². The highest BCUT2D eigenvalue weighted by atomic mass is 16.4. The first-order valence-corrected chi connectivity index (χ1v) is 6.49. The number of hydrogen-bond donors (Lipinski definition) is 3. The molecule has 1 amide bonds. The average Bonchev–Trinajstić information content (AvgIpc) is 2.38. The van der Waals surface area contributed by atoms with Crippen molar-refractivity contribution in [2.45, 2.75) is 25.7 Å². The van der Waals surface area contributed by atoms with Crippen LogP contribution >= 0.6 is 0 Å². The number of carboxylic acids is 1. The molecule has 0 aromatic heterocycles. The topological polar surface area (TPSA) is 78.4 Å². The van der Waals surface area contributed by atoms with E-state index in [1.165, 1.54) is 5.56 Å². The number of aryl methyl sites for hydroxylation is 1. The van der Waals surface area contributed by atoms with Crippen molar-refractivity contribution >= 4 is 17.6 Å². The minimum absolute atomic E-state index is 0.0418. The molecule has 2 rings (SSSR count). The van der Waals surface area contributed by atoms with Crippen LogP contribution in [0.2, 0.25) is 0 Å². The van der Waals surface area contributed by atoms with Crippen LogP contribution in [-0.4, -0.2) is 30.1 Å². The number of anilines is 1. The number of amides is 1. The van der Waals surface area contributed by atoms with Crippen molar-refractivity contribution in [3.05, 3.63) is 29.3 Å². The van der Waals surface area contributed by atoms with Gasteiger partial charge in [-0.2, -0.15) is 0 Å². The van der Waals surface area contributed by atoms with Crippen LogP contribution in [0, 0.1) is 0 Å². The number of carbonyl (C=O) groups excluding carboxylic acids is 1. The zero-order valence-electron chi connectivity index (χ0n) is 10.7. The zero-order chi connectivity index (χ0) is 13.7. The molecule has 0 aliphatic carbocycles. The average molecular weight is 262 g/mol. The first-order valence-electron chi connectivity index (χ1n) is 6.49. The fourth-order valence-electron chi connectivity index (χ4n) is 2.19. The van der Waals surface area contributed by atoms with E-state index in [1.807, 2.05) is 12.1 Å². The second-order valence-corrected chi connectivity index (χ2v) is 4.69. The van der Waals surface area contributed by atoms with Crippen LogP contribution < -0.4 is 10.6 Å². The minimum atomic E-state index is -0.903. The van der Waals surface area contributed by atoms with Gasteiger partial charge in [-0.3, -0.25) is 9.59 Å². The van der Waals surface area contributed by atoms with Gasteiger partial charge in [0.25, 0.3) is 0 Å². The minimum Gasteiger partial charge on any atom is -0.481 e. The number of carboxylic acid groups (broad SMARTS) is 1. The van der Waals surface area contributed by atoms with Crippen molar-refractivity contribution in [2.24, 2.45) is 0 Å². The highest BCUT2D eigenvalue weighted by Gasteiger charge is 2.10. The SMILES string of the molecule is O=C(O)CCNC(=O)Cc1ccc2c(c1)CCCN2. The number of benzene rings is 1. The third-order valence-corrected chi connectivity index (χ3v) is 3.13. The van der Waals surface area contributed by atoms with Crippen LogP contribution in [0.25, 0.3) is 0 Å². The van der Waals surface area contributed by atoms with E-state index in [2.05, 4.69) is 16.7 Å². The quantitative estimate of drug-likeness (QED) is 0.744. The molecule has 19 heavy (non-hydrogen) atoms. The van der Waals surface area contributed by atoms with E-state index < -0.39 is 5.97 Å². The first kappa shape index (κ1) is 13.4. The molecular formula is C14H18N2O3. The Morgan fingerprint density at radius 1 is 1.37 bits per heavy atom. The van der Waals surface area contributed by atoms with Gasteiger partial charge in [0, 0.05) is 18.8 Å². The monoisotopic (exact) mass is 262 g/mol. The Kier molecular flexibility index (Phi) is 4.39.